The second-order valence-electron chi connectivity index (χ2n) is 2.50. The van der Waals surface area contributed by atoms with Crippen molar-refractivity contribution < 1.29 is 14.2 Å². The molecule has 0 amide bonds. The average molecular weight is 181 g/mol. The van der Waals surface area contributed by atoms with Crippen LogP contribution in [0.3, 0.4) is 0 Å². The summed E-state index contributed by atoms with van der Waals surface area (Å²) in [7, 11) is 3.20. The molecule has 0 aromatic heterocycles. The van der Waals surface area contributed by atoms with E-state index in [9.17, 15) is 0 Å². The third-order valence-corrected chi connectivity index (χ3v) is 2.18. The molecule has 0 saturated carbocycles. The highest BCUT2D eigenvalue weighted by molar-refractivity contribution is 6.20. The van der Waals surface area contributed by atoms with Crippen molar-refractivity contribution in [2.24, 2.45) is 0 Å². The number of ether oxygens (including phenoxy) is 3. The molecule has 0 spiro atoms. The molecule has 1 heterocycles. The predicted octanol–water partition coefficient (Wildman–Crippen LogP) is 1.35. The Morgan fingerprint density at radius 1 is 1.27 bits per heavy atom. The molecule has 3 atom stereocenters. The lowest BCUT2D eigenvalue weighted by Gasteiger charge is -2.31. The zero-order valence-electron chi connectivity index (χ0n) is 6.75. The van der Waals surface area contributed by atoms with Crippen molar-refractivity contribution in [3.63, 3.8) is 0 Å². The Morgan fingerprint density at radius 2 is 2.00 bits per heavy atom. The van der Waals surface area contributed by atoms with Crippen molar-refractivity contribution in [3.8, 4) is 0 Å². The minimum Gasteiger partial charge on any atom is -0.356 e. The second-order valence-corrected chi connectivity index (χ2v) is 3.06. The monoisotopic (exact) mass is 180 g/mol. The van der Waals surface area contributed by atoms with Crippen LogP contribution in [0.5, 0.6) is 0 Å². The maximum Gasteiger partial charge on any atom is 0.176 e. The standard InChI is InChI=1S/C7H13ClO3/c1-9-6-4-3-5(8)7(10-2)11-6/h5-7H,3-4H2,1-2H3/t5-,6+,7+/m0/s1. The molecule has 1 fully saturated rings. The summed E-state index contributed by atoms with van der Waals surface area (Å²) in [6, 6.07) is 0. The van der Waals surface area contributed by atoms with Crippen molar-refractivity contribution in [2.75, 3.05) is 14.2 Å². The number of rotatable bonds is 2. The highest BCUT2D eigenvalue weighted by Crippen LogP contribution is 2.24. The third-order valence-electron chi connectivity index (χ3n) is 1.75. The van der Waals surface area contributed by atoms with Gasteiger partial charge in [-0.25, -0.2) is 0 Å². The van der Waals surface area contributed by atoms with Crippen molar-refractivity contribution in [2.45, 2.75) is 30.8 Å². The average Bonchev–Trinajstić information content (AvgIpc) is 2.05. The first-order chi connectivity index (χ1) is 5.27. The van der Waals surface area contributed by atoms with Crippen LogP contribution in [0.1, 0.15) is 12.8 Å². The normalized spacial score (nSPS) is 39.0. The molecule has 0 unspecified atom stereocenters. The smallest absolute Gasteiger partial charge is 0.176 e. The molecule has 0 aromatic rings. The van der Waals surface area contributed by atoms with Crippen molar-refractivity contribution in [1.82, 2.24) is 0 Å². The number of hydrogen-bond acceptors (Lipinski definition) is 3. The molecule has 1 saturated heterocycles. The number of halogens is 1. The molecule has 4 heteroatoms. The topological polar surface area (TPSA) is 27.7 Å². The fraction of sp³-hybridized carbons (Fsp3) is 1.00. The van der Waals surface area contributed by atoms with E-state index < -0.39 is 0 Å². The molecule has 66 valence electrons. The Bertz CT molecular complexity index is 120. The summed E-state index contributed by atoms with van der Waals surface area (Å²) in [5, 5.41) is -0.0496. The molecule has 11 heavy (non-hydrogen) atoms. The van der Waals surface area contributed by atoms with E-state index in [0.29, 0.717) is 0 Å². The highest BCUT2D eigenvalue weighted by atomic mass is 35.5. The van der Waals surface area contributed by atoms with Crippen LogP contribution < -0.4 is 0 Å². The van der Waals surface area contributed by atoms with E-state index in [0.717, 1.165) is 12.8 Å². The van der Waals surface area contributed by atoms with Crippen LogP contribution >= 0.6 is 11.6 Å². The molecule has 1 aliphatic rings. The van der Waals surface area contributed by atoms with Crippen LogP contribution in [0.2, 0.25) is 0 Å². The van der Waals surface area contributed by atoms with Gasteiger partial charge in [0.2, 0.25) is 0 Å². The zero-order valence-corrected chi connectivity index (χ0v) is 7.50. The van der Waals surface area contributed by atoms with Crippen LogP contribution in [0.25, 0.3) is 0 Å². The van der Waals surface area contributed by atoms with E-state index >= 15 is 0 Å². The number of methoxy groups -OCH3 is 2. The minimum absolute atomic E-state index is 0.0496. The van der Waals surface area contributed by atoms with Gasteiger partial charge in [-0.15, -0.1) is 11.6 Å². The molecular weight excluding hydrogens is 168 g/mol. The molecule has 3 nitrogen and oxygen atoms in total. The summed E-state index contributed by atoms with van der Waals surface area (Å²) in [5.74, 6) is 0. The van der Waals surface area contributed by atoms with E-state index in [1.54, 1.807) is 14.2 Å². The van der Waals surface area contributed by atoms with Gasteiger partial charge in [0.15, 0.2) is 12.6 Å². The van der Waals surface area contributed by atoms with E-state index in [4.69, 9.17) is 25.8 Å². The van der Waals surface area contributed by atoms with Gasteiger partial charge < -0.3 is 14.2 Å². The Hall–Kier alpha value is 0.170. The van der Waals surface area contributed by atoms with Gasteiger partial charge >= 0.3 is 0 Å². The van der Waals surface area contributed by atoms with Crippen LogP contribution in [-0.2, 0) is 14.2 Å². The van der Waals surface area contributed by atoms with Crippen LogP contribution in [0.15, 0.2) is 0 Å². The van der Waals surface area contributed by atoms with Gasteiger partial charge in [0.05, 0.1) is 5.38 Å². The van der Waals surface area contributed by atoms with Gasteiger partial charge in [-0.05, 0) is 6.42 Å². The molecule has 0 aromatic carbocycles. The summed E-state index contributed by atoms with van der Waals surface area (Å²) in [6.45, 7) is 0. The minimum atomic E-state index is -0.324. The van der Waals surface area contributed by atoms with Gasteiger partial charge in [-0.2, -0.15) is 0 Å². The van der Waals surface area contributed by atoms with E-state index in [1.807, 2.05) is 0 Å². The molecule has 0 N–H and O–H groups in total. The van der Waals surface area contributed by atoms with Crippen LogP contribution in [-0.4, -0.2) is 32.2 Å². The summed E-state index contributed by atoms with van der Waals surface area (Å²) in [4.78, 5) is 0. The summed E-state index contributed by atoms with van der Waals surface area (Å²) < 4.78 is 15.3. The molecular formula is C7H13ClO3. The van der Waals surface area contributed by atoms with E-state index in [2.05, 4.69) is 0 Å². The predicted molar refractivity (Wildman–Crippen MR) is 41.6 cm³/mol. The first-order valence-corrected chi connectivity index (χ1v) is 4.06. The van der Waals surface area contributed by atoms with Crippen LogP contribution in [0.4, 0.5) is 0 Å². The lowest BCUT2D eigenvalue weighted by Crippen LogP contribution is -2.37. The Morgan fingerprint density at radius 3 is 2.55 bits per heavy atom. The van der Waals surface area contributed by atoms with E-state index in [-0.39, 0.29) is 18.0 Å². The maximum atomic E-state index is 5.90. The van der Waals surface area contributed by atoms with Gasteiger partial charge in [-0.3, -0.25) is 0 Å². The summed E-state index contributed by atoms with van der Waals surface area (Å²) in [6.07, 6.45) is 1.23. The molecule has 0 bridgehead atoms. The highest BCUT2D eigenvalue weighted by Gasteiger charge is 2.29. The lowest BCUT2D eigenvalue weighted by atomic mass is 10.2. The summed E-state index contributed by atoms with van der Waals surface area (Å²) >= 11 is 5.90. The number of alkyl halides is 1. The fourth-order valence-corrected chi connectivity index (χ4v) is 1.40. The second kappa shape index (κ2) is 4.26. The van der Waals surface area contributed by atoms with Gasteiger partial charge in [0.1, 0.15) is 0 Å². The van der Waals surface area contributed by atoms with E-state index in [1.165, 1.54) is 0 Å². The van der Waals surface area contributed by atoms with Crippen molar-refractivity contribution in [3.05, 3.63) is 0 Å². The third kappa shape index (κ3) is 2.30. The Balaban J connectivity index is 2.37. The van der Waals surface area contributed by atoms with Crippen molar-refractivity contribution >= 4 is 11.6 Å². The first kappa shape index (κ1) is 9.26. The largest absolute Gasteiger partial charge is 0.356 e. The fourth-order valence-electron chi connectivity index (χ4n) is 1.11. The lowest BCUT2D eigenvalue weighted by molar-refractivity contribution is -0.249. The first-order valence-electron chi connectivity index (χ1n) is 3.63. The molecule has 1 aliphatic heterocycles. The SMILES string of the molecule is CO[C@H]1CC[C@H](Cl)[C@H](OC)O1. The summed E-state index contributed by atoms with van der Waals surface area (Å²) in [5.41, 5.74) is 0. The number of hydrogen-bond donors (Lipinski definition) is 0. The van der Waals surface area contributed by atoms with Gasteiger partial charge in [-0.1, -0.05) is 0 Å². The maximum absolute atomic E-state index is 5.90. The van der Waals surface area contributed by atoms with Gasteiger partial charge in [0, 0.05) is 20.6 Å². The molecule has 0 radical (unpaired) electrons. The van der Waals surface area contributed by atoms with Crippen LogP contribution in [0, 0.1) is 0 Å². The molecule has 0 aliphatic carbocycles. The quantitative estimate of drug-likeness (QED) is 0.601. The Labute approximate surface area is 71.6 Å². The zero-order chi connectivity index (χ0) is 8.27. The molecule has 1 rings (SSSR count). The Kier molecular flexibility index (Phi) is 3.59. The van der Waals surface area contributed by atoms with Gasteiger partial charge in [0.25, 0.3) is 0 Å². The van der Waals surface area contributed by atoms with Crippen molar-refractivity contribution in [1.29, 1.82) is 0 Å².